The Morgan fingerprint density at radius 2 is 1.79 bits per heavy atom. The third kappa shape index (κ3) is 5.31. The van der Waals surface area contributed by atoms with Crippen molar-refractivity contribution in [2.45, 2.75) is 25.5 Å². The third-order valence-corrected chi connectivity index (χ3v) is 9.42. The molecule has 214 valence electrons. The molecule has 7 rings (SSSR count). The van der Waals surface area contributed by atoms with Crippen LogP contribution in [0, 0.1) is 0 Å². The lowest BCUT2D eigenvalue weighted by atomic mass is 9.83. The lowest BCUT2D eigenvalue weighted by molar-refractivity contribution is 0.306. The molecule has 0 saturated carbocycles. The van der Waals surface area contributed by atoms with E-state index in [0.717, 1.165) is 52.1 Å². The number of benzene rings is 4. The average Bonchev–Trinajstić information content (AvgIpc) is 3.33. The fourth-order valence-corrected chi connectivity index (χ4v) is 7.24. The number of allylic oxidation sites excluding steroid dienone is 1. The number of hydrogen-bond donors (Lipinski definition) is 0. The van der Waals surface area contributed by atoms with Crippen LogP contribution in [0.5, 0.6) is 11.5 Å². The van der Waals surface area contributed by atoms with Gasteiger partial charge in [-0.3, -0.25) is 9.36 Å². The second kappa shape index (κ2) is 11.5. The zero-order valence-corrected chi connectivity index (χ0v) is 25.5. The van der Waals surface area contributed by atoms with E-state index in [2.05, 4.69) is 30.3 Å². The van der Waals surface area contributed by atoms with Crippen molar-refractivity contribution in [3.05, 3.63) is 154 Å². The summed E-state index contributed by atoms with van der Waals surface area (Å²) in [5.74, 6) is 1.43. The molecule has 1 aromatic heterocycles. The number of ether oxygens (including phenoxy) is 2. The molecule has 0 N–H and O–H groups in total. The summed E-state index contributed by atoms with van der Waals surface area (Å²) in [5.41, 5.74) is 7.18. The zero-order chi connectivity index (χ0) is 29.5. The largest absolute Gasteiger partial charge is 0.497 e. The van der Waals surface area contributed by atoms with E-state index in [1.807, 2.05) is 59.2 Å². The predicted molar refractivity (Wildman–Crippen MR) is 173 cm³/mol. The van der Waals surface area contributed by atoms with Gasteiger partial charge in [0.25, 0.3) is 5.56 Å². The van der Waals surface area contributed by atoms with E-state index < -0.39 is 0 Å². The van der Waals surface area contributed by atoms with Crippen molar-refractivity contribution in [2.24, 2.45) is 4.99 Å². The third-order valence-electron chi connectivity index (χ3n) is 7.85. The van der Waals surface area contributed by atoms with Crippen molar-refractivity contribution < 1.29 is 9.47 Å². The van der Waals surface area contributed by atoms with Crippen molar-refractivity contribution >= 4 is 46.3 Å². The Kier molecular flexibility index (Phi) is 7.43. The molecule has 2 aliphatic rings. The summed E-state index contributed by atoms with van der Waals surface area (Å²) < 4.78 is 14.0. The lowest BCUT2D eigenvalue weighted by Crippen LogP contribution is -2.38. The van der Waals surface area contributed by atoms with Gasteiger partial charge in [0.1, 0.15) is 18.1 Å². The van der Waals surface area contributed by atoms with E-state index in [0.29, 0.717) is 31.7 Å². The van der Waals surface area contributed by atoms with Crippen molar-refractivity contribution in [2.75, 3.05) is 7.11 Å². The molecule has 2 heterocycles. The first kappa shape index (κ1) is 27.7. The standard InChI is InChI=1S/C35H26Cl2N2O3S/c1-41-26-9-5-8-23(18-26)33-29-15-13-22-7-2-3-11-28(22)32(29)38-35-39(33)34(40)31(43-35)17-21-6-4-10-27(16-21)42-20-24-12-14-25(36)19-30(24)37/h2-12,14,16-19,33H,13,15,20H2,1H3/b31-17+/t33-/m0/s1. The molecule has 43 heavy (non-hydrogen) atoms. The summed E-state index contributed by atoms with van der Waals surface area (Å²) in [5, 5.41) is 1.14. The quantitative estimate of drug-likeness (QED) is 0.200. The maximum Gasteiger partial charge on any atom is 0.271 e. The van der Waals surface area contributed by atoms with Crippen LogP contribution in [0.4, 0.5) is 0 Å². The molecule has 0 radical (unpaired) electrons. The van der Waals surface area contributed by atoms with E-state index in [9.17, 15) is 4.79 Å². The molecular formula is C35H26Cl2N2O3S. The molecular weight excluding hydrogens is 599 g/mol. The maximum absolute atomic E-state index is 14.1. The first-order chi connectivity index (χ1) is 21.0. The van der Waals surface area contributed by atoms with Crippen molar-refractivity contribution in [1.82, 2.24) is 4.57 Å². The Morgan fingerprint density at radius 3 is 2.65 bits per heavy atom. The monoisotopic (exact) mass is 624 g/mol. The Balaban J connectivity index is 1.31. The van der Waals surface area contributed by atoms with Gasteiger partial charge in [0.15, 0.2) is 4.80 Å². The SMILES string of the molecule is COc1cccc([C@H]2C3=C(N=c4s/c(=C/c5cccc(OCc6ccc(Cl)cc6Cl)c5)c(=O)n42)c2ccccc2CC3)c1. The zero-order valence-electron chi connectivity index (χ0n) is 23.2. The van der Waals surface area contributed by atoms with Crippen LogP contribution in [0.1, 0.15) is 40.3 Å². The van der Waals surface area contributed by atoms with Gasteiger partial charge in [-0.25, -0.2) is 4.99 Å². The van der Waals surface area contributed by atoms with Crippen LogP contribution < -0.4 is 24.4 Å². The Bertz CT molecular complexity index is 2100. The minimum atomic E-state index is -0.268. The number of thiazole rings is 1. The van der Waals surface area contributed by atoms with Gasteiger partial charge in [-0.1, -0.05) is 89.1 Å². The van der Waals surface area contributed by atoms with Crippen molar-refractivity contribution in [1.29, 1.82) is 0 Å². The molecule has 0 unspecified atom stereocenters. The first-order valence-corrected chi connectivity index (χ1v) is 15.5. The number of hydrogen-bond acceptors (Lipinski definition) is 5. The Morgan fingerprint density at radius 1 is 0.953 bits per heavy atom. The topological polar surface area (TPSA) is 52.8 Å². The molecule has 0 amide bonds. The summed E-state index contributed by atoms with van der Waals surface area (Å²) in [7, 11) is 1.66. The van der Waals surface area contributed by atoms with E-state index in [1.54, 1.807) is 19.2 Å². The number of aromatic nitrogens is 1. The molecule has 0 saturated heterocycles. The van der Waals surface area contributed by atoms with Gasteiger partial charge in [0, 0.05) is 21.2 Å². The molecule has 1 atom stereocenters. The highest BCUT2D eigenvalue weighted by Gasteiger charge is 2.32. The van der Waals surface area contributed by atoms with Crippen molar-refractivity contribution in [3.8, 4) is 11.5 Å². The van der Waals surface area contributed by atoms with Gasteiger partial charge in [0.2, 0.25) is 0 Å². The van der Waals surface area contributed by atoms with Gasteiger partial charge >= 0.3 is 0 Å². The van der Waals surface area contributed by atoms with Gasteiger partial charge in [0.05, 0.1) is 23.4 Å². The fraction of sp³-hybridized carbons (Fsp3) is 0.143. The minimum absolute atomic E-state index is 0.0683. The summed E-state index contributed by atoms with van der Waals surface area (Å²) in [6.07, 6.45) is 3.65. The molecule has 0 spiro atoms. The lowest BCUT2D eigenvalue weighted by Gasteiger charge is -2.31. The average molecular weight is 626 g/mol. The van der Waals surface area contributed by atoms with E-state index in [4.69, 9.17) is 37.7 Å². The number of nitrogens with zero attached hydrogens (tertiary/aromatic N) is 2. The summed E-state index contributed by atoms with van der Waals surface area (Å²) in [4.78, 5) is 19.9. The van der Waals surface area contributed by atoms with Crippen LogP contribution in [0.25, 0.3) is 11.8 Å². The highest BCUT2D eigenvalue weighted by molar-refractivity contribution is 7.07. The number of halogens is 2. The predicted octanol–water partition coefficient (Wildman–Crippen LogP) is 7.21. The Labute approximate surface area is 262 Å². The number of methoxy groups -OCH3 is 1. The normalized spacial score (nSPS) is 15.8. The Hall–Kier alpha value is -4.10. The number of aryl methyl sites for hydroxylation is 1. The molecule has 0 bridgehead atoms. The second-order valence-electron chi connectivity index (χ2n) is 10.5. The van der Waals surface area contributed by atoms with Crippen LogP contribution in [-0.2, 0) is 13.0 Å². The van der Waals surface area contributed by atoms with Crippen LogP contribution in [0.15, 0.2) is 106 Å². The van der Waals surface area contributed by atoms with Gasteiger partial charge in [-0.2, -0.15) is 0 Å². The summed E-state index contributed by atoms with van der Waals surface area (Å²) >= 11 is 13.8. The van der Waals surface area contributed by atoms with Crippen LogP contribution >= 0.6 is 34.5 Å². The van der Waals surface area contributed by atoms with E-state index >= 15 is 0 Å². The first-order valence-electron chi connectivity index (χ1n) is 13.9. The molecule has 5 nitrogen and oxygen atoms in total. The molecule has 0 fully saturated rings. The van der Waals surface area contributed by atoms with Gasteiger partial charge in [-0.15, -0.1) is 0 Å². The maximum atomic E-state index is 14.1. The molecule has 1 aliphatic carbocycles. The molecule has 1 aliphatic heterocycles. The molecule has 4 aromatic carbocycles. The minimum Gasteiger partial charge on any atom is -0.497 e. The van der Waals surface area contributed by atoms with E-state index in [1.165, 1.54) is 16.9 Å². The molecule has 8 heteroatoms. The highest BCUT2D eigenvalue weighted by atomic mass is 35.5. The smallest absolute Gasteiger partial charge is 0.271 e. The van der Waals surface area contributed by atoms with Crippen LogP contribution in [0.2, 0.25) is 10.0 Å². The van der Waals surface area contributed by atoms with E-state index in [-0.39, 0.29) is 11.6 Å². The van der Waals surface area contributed by atoms with Crippen LogP contribution in [0.3, 0.4) is 0 Å². The number of rotatable bonds is 6. The highest BCUT2D eigenvalue weighted by Crippen LogP contribution is 2.41. The fourth-order valence-electron chi connectivity index (χ4n) is 5.78. The number of fused-ring (bicyclic) bond motifs is 3. The van der Waals surface area contributed by atoms with Crippen LogP contribution in [-0.4, -0.2) is 11.7 Å². The molecule has 5 aromatic rings. The second-order valence-corrected chi connectivity index (χ2v) is 12.3. The van der Waals surface area contributed by atoms with Crippen molar-refractivity contribution in [3.63, 3.8) is 0 Å². The van der Waals surface area contributed by atoms with Gasteiger partial charge in [-0.05, 0) is 77.6 Å². The van der Waals surface area contributed by atoms with Gasteiger partial charge < -0.3 is 9.47 Å². The summed E-state index contributed by atoms with van der Waals surface area (Å²) in [6.45, 7) is 0.301. The summed E-state index contributed by atoms with van der Waals surface area (Å²) in [6, 6.07) is 29.2.